The molecule has 3 fully saturated rings. The van der Waals surface area contributed by atoms with Crippen molar-refractivity contribution >= 4 is 17.5 Å². The van der Waals surface area contributed by atoms with Crippen LogP contribution in [-0.2, 0) is 16.8 Å². The Balaban J connectivity index is 1.22. The minimum absolute atomic E-state index is 0.199. The van der Waals surface area contributed by atoms with E-state index in [1.807, 2.05) is 31.2 Å². The smallest absolute Gasteiger partial charge is 0.259 e. The number of hydrogen-bond donors (Lipinski definition) is 1. The molecule has 3 aromatic rings. The number of carbonyl (C=O) groups is 1. The molecule has 31 heavy (non-hydrogen) atoms. The SMILES string of the molecule is Cc1cccc(OC(C(N)=O)C23CC(c4nc(COc5ccc(Cl)cc5)no4)(C2)C3)c1. The molecule has 2 N–H and O–H groups in total. The summed E-state index contributed by atoms with van der Waals surface area (Å²) < 4.78 is 17.2. The molecule has 0 aliphatic heterocycles. The monoisotopic (exact) mass is 439 g/mol. The summed E-state index contributed by atoms with van der Waals surface area (Å²) in [5, 5.41) is 4.69. The van der Waals surface area contributed by atoms with Crippen LogP contribution in [0.3, 0.4) is 0 Å². The number of aromatic nitrogens is 2. The second-order valence-electron chi connectivity index (χ2n) is 8.65. The van der Waals surface area contributed by atoms with Gasteiger partial charge in [-0.15, -0.1) is 0 Å². The molecule has 0 spiro atoms. The Labute approximate surface area is 184 Å². The lowest BCUT2D eigenvalue weighted by atomic mass is 9.33. The van der Waals surface area contributed by atoms with Gasteiger partial charge in [-0.05, 0) is 68.1 Å². The number of hydrogen-bond acceptors (Lipinski definition) is 6. The highest BCUT2D eigenvalue weighted by Gasteiger charge is 2.75. The first-order valence-electron chi connectivity index (χ1n) is 10.1. The quantitative estimate of drug-likeness (QED) is 0.570. The Bertz CT molecular complexity index is 1110. The van der Waals surface area contributed by atoms with Gasteiger partial charge in [-0.2, -0.15) is 4.98 Å². The predicted molar refractivity (Wildman–Crippen MR) is 113 cm³/mol. The maximum Gasteiger partial charge on any atom is 0.259 e. The molecular weight excluding hydrogens is 418 g/mol. The number of ether oxygens (including phenoxy) is 2. The molecule has 1 amide bonds. The predicted octanol–water partition coefficient (Wildman–Crippen LogP) is 3.97. The number of nitrogens with zero attached hydrogens (tertiary/aromatic N) is 2. The van der Waals surface area contributed by atoms with Crippen molar-refractivity contribution in [1.29, 1.82) is 0 Å². The molecule has 1 aromatic heterocycles. The Morgan fingerprint density at radius 1 is 1.19 bits per heavy atom. The van der Waals surface area contributed by atoms with E-state index in [0.717, 1.165) is 24.8 Å². The van der Waals surface area contributed by atoms with Crippen molar-refractivity contribution in [2.45, 2.75) is 44.3 Å². The van der Waals surface area contributed by atoms with Crippen LogP contribution < -0.4 is 15.2 Å². The van der Waals surface area contributed by atoms with Crippen molar-refractivity contribution in [2.24, 2.45) is 11.1 Å². The van der Waals surface area contributed by atoms with Gasteiger partial charge in [0.25, 0.3) is 5.91 Å². The third-order valence-electron chi connectivity index (χ3n) is 6.23. The number of benzene rings is 2. The minimum Gasteiger partial charge on any atom is -0.485 e. The summed E-state index contributed by atoms with van der Waals surface area (Å²) in [6, 6.07) is 14.7. The Kier molecular flexibility index (Phi) is 4.66. The lowest BCUT2D eigenvalue weighted by Crippen LogP contribution is -2.72. The van der Waals surface area contributed by atoms with Crippen LogP contribution in [0.25, 0.3) is 0 Å². The van der Waals surface area contributed by atoms with Gasteiger partial charge >= 0.3 is 0 Å². The zero-order valence-corrected chi connectivity index (χ0v) is 17.8. The van der Waals surface area contributed by atoms with Crippen molar-refractivity contribution in [3.05, 3.63) is 70.8 Å². The average molecular weight is 440 g/mol. The lowest BCUT2D eigenvalue weighted by molar-refractivity contribution is -0.208. The summed E-state index contributed by atoms with van der Waals surface area (Å²) in [7, 11) is 0. The van der Waals surface area contributed by atoms with E-state index in [9.17, 15) is 4.79 Å². The van der Waals surface area contributed by atoms with Crippen LogP contribution in [0.4, 0.5) is 0 Å². The Morgan fingerprint density at radius 3 is 2.61 bits per heavy atom. The Morgan fingerprint density at radius 2 is 1.94 bits per heavy atom. The van der Waals surface area contributed by atoms with Gasteiger partial charge in [-0.25, -0.2) is 0 Å². The number of aryl methyl sites for hydroxylation is 1. The first-order chi connectivity index (χ1) is 14.9. The molecule has 3 aliphatic carbocycles. The number of halogens is 1. The van der Waals surface area contributed by atoms with Gasteiger partial charge in [0.1, 0.15) is 11.5 Å². The number of primary amides is 1. The van der Waals surface area contributed by atoms with E-state index in [-0.39, 0.29) is 17.4 Å². The molecule has 6 rings (SSSR count). The summed E-state index contributed by atoms with van der Waals surface area (Å²) in [6.07, 6.45) is 1.53. The van der Waals surface area contributed by atoms with Crippen molar-refractivity contribution in [3.63, 3.8) is 0 Å². The molecule has 8 heteroatoms. The molecule has 7 nitrogen and oxygen atoms in total. The third kappa shape index (κ3) is 3.53. The minimum atomic E-state index is -0.674. The fraction of sp³-hybridized carbons (Fsp3) is 0.348. The molecule has 2 bridgehead atoms. The van der Waals surface area contributed by atoms with Gasteiger partial charge in [0.15, 0.2) is 12.7 Å². The Hall–Kier alpha value is -3.06. The van der Waals surface area contributed by atoms with Crippen molar-refractivity contribution < 1.29 is 18.8 Å². The lowest BCUT2D eigenvalue weighted by Gasteiger charge is -2.69. The maximum atomic E-state index is 12.2. The summed E-state index contributed by atoms with van der Waals surface area (Å²) in [6.45, 7) is 2.18. The van der Waals surface area contributed by atoms with Gasteiger partial charge in [-0.3, -0.25) is 4.79 Å². The first-order valence-corrected chi connectivity index (χ1v) is 10.5. The molecule has 1 unspecified atom stereocenters. The second-order valence-corrected chi connectivity index (χ2v) is 9.08. The van der Waals surface area contributed by atoms with E-state index < -0.39 is 12.0 Å². The van der Waals surface area contributed by atoms with Crippen LogP contribution in [0.15, 0.2) is 53.1 Å². The van der Waals surface area contributed by atoms with Gasteiger partial charge in [-0.1, -0.05) is 28.9 Å². The molecule has 1 heterocycles. The van der Waals surface area contributed by atoms with E-state index in [2.05, 4.69) is 10.1 Å². The first kappa shape index (κ1) is 19.9. The van der Waals surface area contributed by atoms with Gasteiger partial charge in [0.2, 0.25) is 11.7 Å². The van der Waals surface area contributed by atoms with Gasteiger partial charge in [0.05, 0.1) is 5.41 Å². The van der Waals surface area contributed by atoms with Crippen LogP contribution in [0.1, 0.15) is 36.5 Å². The van der Waals surface area contributed by atoms with Crippen LogP contribution in [0.5, 0.6) is 11.5 Å². The number of nitrogens with two attached hydrogens (primary N) is 1. The molecule has 0 saturated heterocycles. The summed E-state index contributed by atoms with van der Waals surface area (Å²) in [4.78, 5) is 16.7. The maximum absolute atomic E-state index is 12.2. The summed E-state index contributed by atoms with van der Waals surface area (Å²) in [5.41, 5.74) is 6.28. The van der Waals surface area contributed by atoms with Crippen LogP contribution >= 0.6 is 11.6 Å². The second kappa shape index (κ2) is 7.27. The highest BCUT2D eigenvalue weighted by Crippen LogP contribution is 2.75. The van der Waals surface area contributed by atoms with E-state index in [1.54, 1.807) is 24.3 Å². The van der Waals surface area contributed by atoms with Crippen LogP contribution in [0, 0.1) is 12.3 Å². The number of amides is 1. The van der Waals surface area contributed by atoms with Crippen LogP contribution in [0.2, 0.25) is 5.02 Å². The zero-order valence-electron chi connectivity index (χ0n) is 17.0. The largest absolute Gasteiger partial charge is 0.485 e. The van der Waals surface area contributed by atoms with E-state index >= 15 is 0 Å². The highest BCUT2D eigenvalue weighted by molar-refractivity contribution is 6.30. The summed E-state index contributed by atoms with van der Waals surface area (Å²) >= 11 is 5.88. The van der Waals surface area contributed by atoms with Gasteiger partial charge in [0, 0.05) is 10.4 Å². The third-order valence-corrected chi connectivity index (χ3v) is 6.48. The fourth-order valence-electron chi connectivity index (χ4n) is 4.89. The zero-order chi connectivity index (χ0) is 21.6. The molecular formula is C23H22ClN3O4. The van der Waals surface area contributed by atoms with E-state index in [4.69, 9.17) is 31.3 Å². The van der Waals surface area contributed by atoms with Crippen molar-refractivity contribution in [3.8, 4) is 11.5 Å². The average Bonchev–Trinajstić information content (AvgIpc) is 3.13. The standard InChI is InChI=1S/C23H22ClN3O4/c1-14-3-2-4-17(9-14)30-19(20(25)28)22-11-23(12-22,13-22)21-26-18(27-31-21)10-29-16-7-5-15(24)6-8-16/h2-9,19H,10-13H2,1H3,(H2,25,28). The topological polar surface area (TPSA) is 100 Å². The number of carbonyl (C=O) groups excluding carboxylic acids is 1. The normalized spacial score (nSPS) is 24.6. The molecule has 2 aromatic carbocycles. The van der Waals surface area contributed by atoms with Gasteiger partial charge < -0.3 is 19.7 Å². The van der Waals surface area contributed by atoms with Crippen LogP contribution in [-0.4, -0.2) is 22.2 Å². The van der Waals surface area contributed by atoms with Crippen molar-refractivity contribution in [1.82, 2.24) is 10.1 Å². The molecule has 3 saturated carbocycles. The molecule has 3 aliphatic rings. The summed E-state index contributed by atoms with van der Waals surface area (Å²) in [5.74, 6) is 1.95. The number of rotatable bonds is 8. The van der Waals surface area contributed by atoms with E-state index in [0.29, 0.717) is 28.2 Å². The molecule has 160 valence electrons. The molecule has 1 atom stereocenters. The van der Waals surface area contributed by atoms with E-state index in [1.165, 1.54) is 0 Å². The molecule has 0 radical (unpaired) electrons. The van der Waals surface area contributed by atoms with Crippen molar-refractivity contribution in [2.75, 3.05) is 0 Å². The fourth-order valence-corrected chi connectivity index (χ4v) is 5.01. The highest BCUT2D eigenvalue weighted by atomic mass is 35.5.